The number of primary sulfonamides is 1. The maximum absolute atomic E-state index is 13.4. The number of nitrogens with two attached hydrogens (primary N) is 1. The molecule has 0 radical (unpaired) electrons. The molecule has 2 atom stereocenters. The minimum Gasteiger partial charge on any atom is -0.358 e. The van der Waals surface area contributed by atoms with E-state index in [0.29, 0.717) is 17.0 Å². The zero-order valence-electron chi connectivity index (χ0n) is 17.5. The molecule has 2 aromatic carbocycles. The van der Waals surface area contributed by atoms with Crippen LogP contribution in [0.5, 0.6) is 0 Å². The Hall–Kier alpha value is -2.64. The van der Waals surface area contributed by atoms with Crippen LogP contribution in [0.3, 0.4) is 0 Å². The van der Waals surface area contributed by atoms with Crippen LogP contribution in [0.1, 0.15) is 53.5 Å². The Morgan fingerprint density at radius 3 is 2.70 bits per heavy atom. The van der Waals surface area contributed by atoms with Crippen molar-refractivity contribution in [2.45, 2.75) is 44.0 Å². The molecule has 30 heavy (non-hydrogen) atoms. The van der Waals surface area contributed by atoms with Gasteiger partial charge in [-0.3, -0.25) is 4.79 Å². The number of nitrogens with zero attached hydrogens (tertiary/aromatic N) is 1. The number of para-hydroxylation sites is 1. The van der Waals surface area contributed by atoms with Gasteiger partial charge in [-0.25, -0.2) is 13.6 Å². The number of aromatic amines is 1. The summed E-state index contributed by atoms with van der Waals surface area (Å²) in [5.74, 6) is 0.533. The highest BCUT2D eigenvalue weighted by atomic mass is 32.2. The van der Waals surface area contributed by atoms with E-state index in [4.69, 9.17) is 5.14 Å². The third-order valence-corrected chi connectivity index (χ3v) is 7.18. The Kier molecular flexibility index (Phi) is 5.20. The van der Waals surface area contributed by atoms with Gasteiger partial charge in [-0.1, -0.05) is 31.2 Å². The highest BCUT2D eigenvalue weighted by Crippen LogP contribution is 2.34. The van der Waals surface area contributed by atoms with Crippen LogP contribution < -0.4 is 5.14 Å². The Balaban J connectivity index is 1.69. The van der Waals surface area contributed by atoms with Gasteiger partial charge in [0.1, 0.15) is 0 Å². The molecule has 3 aromatic rings. The van der Waals surface area contributed by atoms with E-state index >= 15 is 0 Å². The number of hydrogen-bond donors (Lipinski definition) is 2. The summed E-state index contributed by atoms with van der Waals surface area (Å²) in [4.78, 5) is 18.6. The average Bonchev–Trinajstić information content (AvgIpc) is 3.09. The van der Waals surface area contributed by atoms with Gasteiger partial charge in [-0.15, -0.1) is 0 Å². The summed E-state index contributed by atoms with van der Waals surface area (Å²) in [7, 11) is -2.06. The van der Waals surface area contributed by atoms with Crippen molar-refractivity contribution in [3.63, 3.8) is 0 Å². The van der Waals surface area contributed by atoms with E-state index in [2.05, 4.69) is 18.0 Å². The lowest BCUT2D eigenvalue weighted by molar-refractivity contribution is 0.0744. The molecule has 1 aliphatic rings. The molecule has 3 N–H and O–H groups in total. The van der Waals surface area contributed by atoms with Gasteiger partial charge < -0.3 is 9.88 Å². The summed E-state index contributed by atoms with van der Waals surface area (Å²) in [5.41, 5.74) is 4.80. The number of sulfonamides is 1. The molecule has 1 heterocycles. The second-order valence-corrected chi connectivity index (χ2v) is 9.93. The van der Waals surface area contributed by atoms with Gasteiger partial charge in [0.25, 0.3) is 5.91 Å². The van der Waals surface area contributed by atoms with Gasteiger partial charge in [0.2, 0.25) is 10.0 Å². The highest BCUT2D eigenvalue weighted by molar-refractivity contribution is 7.89. The summed E-state index contributed by atoms with van der Waals surface area (Å²) >= 11 is 0. The van der Waals surface area contributed by atoms with Gasteiger partial charge in [0, 0.05) is 18.1 Å². The molecule has 6 nitrogen and oxygen atoms in total. The van der Waals surface area contributed by atoms with Crippen molar-refractivity contribution in [3.05, 3.63) is 64.8 Å². The molecular weight excluding hydrogens is 398 g/mol. The summed E-state index contributed by atoms with van der Waals surface area (Å²) < 4.78 is 23.4. The predicted molar refractivity (Wildman–Crippen MR) is 118 cm³/mol. The third-order valence-electron chi connectivity index (χ3n) is 6.27. The van der Waals surface area contributed by atoms with E-state index in [1.807, 2.05) is 19.1 Å². The zero-order chi connectivity index (χ0) is 21.6. The predicted octanol–water partition coefficient (Wildman–Crippen LogP) is 3.77. The van der Waals surface area contributed by atoms with Crippen LogP contribution in [0.2, 0.25) is 0 Å². The molecule has 1 aromatic heterocycles. The van der Waals surface area contributed by atoms with Gasteiger partial charge in [0.15, 0.2) is 0 Å². The summed E-state index contributed by atoms with van der Waals surface area (Å²) in [5, 5.41) is 6.38. The molecule has 0 aliphatic heterocycles. The first-order chi connectivity index (χ1) is 14.2. The zero-order valence-corrected chi connectivity index (χ0v) is 18.3. The van der Waals surface area contributed by atoms with Gasteiger partial charge >= 0.3 is 0 Å². The van der Waals surface area contributed by atoms with Crippen molar-refractivity contribution in [2.24, 2.45) is 11.1 Å². The number of carbonyl (C=O) groups excluding carboxylic acids is 1. The van der Waals surface area contributed by atoms with E-state index < -0.39 is 10.0 Å². The quantitative estimate of drug-likeness (QED) is 0.666. The number of aryl methyl sites for hydroxylation is 1. The Morgan fingerprint density at radius 1 is 1.23 bits per heavy atom. The maximum atomic E-state index is 13.4. The van der Waals surface area contributed by atoms with Crippen molar-refractivity contribution in [2.75, 3.05) is 7.05 Å². The second kappa shape index (κ2) is 7.56. The summed E-state index contributed by atoms with van der Waals surface area (Å²) in [6, 6.07) is 12.0. The lowest BCUT2D eigenvalue weighted by atomic mass is 9.87. The average molecular weight is 426 g/mol. The van der Waals surface area contributed by atoms with Crippen LogP contribution in [0.15, 0.2) is 47.4 Å². The third kappa shape index (κ3) is 3.63. The van der Waals surface area contributed by atoms with Crippen molar-refractivity contribution in [1.82, 2.24) is 9.88 Å². The van der Waals surface area contributed by atoms with Crippen LogP contribution in [-0.4, -0.2) is 31.3 Å². The minimum atomic E-state index is -3.80. The van der Waals surface area contributed by atoms with E-state index in [9.17, 15) is 13.2 Å². The normalized spacial score (nSPS) is 17.5. The molecule has 0 saturated heterocycles. The van der Waals surface area contributed by atoms with Crippen LogP contribution in [0.25, 0.3) is 10.9 Å². The smallest absolute Gasteiger partial charge is 0.256 e. The van der Waals surface area contributed by atoms with Crippen LogP contribution >= 0.6 is 0 Å². The number of H-pyrrole nitrogens is 1. The van der Waals surface area contributed by atoms with E-state index in [-0.39, 0.29) is 16.8 Å². The van der Waals surface area contributed by atoms with Crippen molar-refractivity contribution >= 4 is 26.8 Å². The largest absolute Gasteiger partial charge is 0.358 e. The van der Waals surface area contributed by atoms with E-state index in [1.54, 1.807) is 24.1 Å². The first kappa shape index (κ1) is 20.6. The van der Waals surface area contributed by atoms with Gasteiger partial charge in [0.05, 0.1) is 22.0 Å². The Morgan fingerprint density at radius 2 is 1.97 bits per heavy atom. The molecule has 0 bridgehead atoms. The monoisotopic (exact) mass is 425 g/mol. The van der Waals surface area contributed by atoms with Crippen LogP contribution in [-0.2, 0) is 22.9 Å². The standard InChI is InChI=1S/C23H27N3O3S/c1-14-10-11-21-20(12-14)18-8-5-9-19(22(18)25-21)23(27)26(3)15(2)16-6-4-7-17(13-16)30(24,28)29/h4-9,13-15,25H,10-12H2,1-3H3,(H2,24,28,29). The van der Waals surface area contributed by atoms with Crippen molar-refractivity contribution in [3.8, 4) is 0 Å². The number of aromatic nitrogens is 1. The molecule has 0 fully saturated rings. The number of rotatable bonds is 4. The molecule has 7 heteroatoms. The lowest BCUT2D eigenvalue weighted by Gasteiger charge is -2.26. The maximum Gasteiger partial charge on any atom is 0.256 e. The number of nitrogens with one attached hydrogen (secondary N) is 1. The van der Waals surface area contributed by atoms with Crippen LogP contribution in [0.4, 0.5) is 0 Å². The number of benzene rings is 2. The van der Waals surface area contributed by atoms with Crippen molar-refractivity contribution < 1.29 is 13.2 Å². The molecule has 158 valence electrons. The first-order valence-electron chi connectivity index (χ1n) is 10.2. The van der Waals surface area contributed by atoms with Gasteiger partial charge in [-0.2, -0.15) is 0 Å². The van der Waals surface area contributed by atoms with E-state index in [1.165, 1.54) is 23.4 Å². The molecule has 0 saturated carbocycles. The number of carbonyl (C=O) groups is 1. The fourth-order valence-corrected chi connectivity index (χ4v) is 4.90. The Labute approximate surface area is 177 Å². The molecule has 4 rings (SSSR count). The summed E-state index contributed by atoms with van der Waals surface area (Å²) in [6.45, 7) is 4.14. The fourth-order valence-electron chi connectivity index (χ4n) is 4.33. The van der Waals surface area contributed by atoms with Gasteiger partial charge in [-0.05, 0) is 61.4 Å². The fraction of sp³-hybridized carbons (Fsp3) is 0.348. The summed E-state index contributed by atoms with van der Waals surface area (Å²) in [6.07, 6.45) is 3.19. The lowest BCUT2D eigenvalue weighted by Crippen LogP contribution is -2.30. The molecule has 2 unspecified atom stereocenters. The highest BCUT2D eigenvalue weighted by Gasteiger charge is 2.25. The molecule has 1 aliphatic carbocycles. The number of amides is 1. The minimum absolute atomic E-state index is 0.0426. The second-order valence-electron chi connectivity index (χ2n) is 8.37. The topological polar surface area (TPSA) is 96.3 Å². The van der Waals surface area contributed by atoms with Crippen LogP contribution in [0, 0.1) is 5.92 Å². The number of hydrogen-bond acceptors (Lipinski definition) is 3. The van der Waals surface area contributed by atoms with Crippen molar-refractivity contribution in [1.29, 1.82) is 0 Å². The SMILES string of the molecule is CC1CCc2[nH]c3c(C(=O)N(C)C(C)c4cccc(S(N)(=O)=O)c4)cccc3c2C1. The molecule has 0 spiro atoms. The first-order valence-corrected chi connectivity index (χ1v) is 11.7. The Bertz CT molecular complexity index is 1230. The van der Waals surface area contributed by atoms with E-state index in [0.717, 1.165) is 30.2 Å². The number of fused-ring (bicyclic) bond motifs is 3. The molecule has 1 amide bonds. The molecular formula is C23H27N3O3S.